The second-order valence-electron chi connectivity index (χ2n) is 6.60. The first-order valence-electron chi connectivity index (χ1n) is 10.4. The van der Waals surface area contributed by atoms with Crippen LogP contribution in [-0.4, -0.2) is 39.5 Å². The maximum atomic E-state index is 11.7. The van der Waals surface area contributed by atoms with Gasteiger partial charge < -0.3 is 14.2 Å². The highest BCUT2D eigenvalue weighted by Gasteiger charge is 2.10. The molecule has 1 atom stereocenters. The molecule has 0 radical (unpaired) electrons. The zero-order valence-corrected chi connectivity index (χ0v) is 17.7. The summed E-state index contributed by atoms with van der Waals surface area (Å²) in [6.45, 7) is 2.85. The lowest BCUT2D eigenvalue weighted by atomic mass is 10.1. The van der Waals surface area contributed by atoms with Gasteiger partial charge in [0.05, 0.1) is 6.61 Å². The van der Waals surface area contributed by atoms with Crippen LogP contribution in [0.2, 0.25) is 0 Å². The van der Waals surface area contributed by atoms with Crippen molar-refractivity contribution in [2.75, 3.05) is 27.4 Å². The van der Waals surface area contributed by atoms with E-state index in [1.165, 1.54) is 19.3 Å². The van der Waals surface area contributed by atoms with Gasteiger partial charge in [0.1, 0.15) is 12.7 Å². The molecule has 0 amide bonds. The Kier molecular flexibility index (Phi) is 19.8. The van der Waals surface area contributed by atoms with Crippen LogP contribution in [0.15, 0.2) is 36.5 Å². The lowest BCUT2D eigenvalue weighted by Crippen LogP contribution is -2.25. The van der Waals surface area contributed by atoms with Crippen molar-refractivity contribution >= 4 is 5.97 Å². The normalized spacial score (nSPS) is 13.1. The molecule has 0 bridgehead atoms. The number of allylic oxidation sites excluding steroid dienone is 6. The highest BCUT2D eigenvalue weighted by molar-refractivity contribution is 5.69. The van der Waals surface area contributed by atoms with Gasteiger partial charge in [-0.25, -0.2) is 0 Å². The van der Waals surface area contributed by atoms with Gasteiger partial charge in [-0.1, -0.05) is 62.6 Å². The number of hydrogen-bond donors (Lipinski definition) is 0. The number of carbonyl (C=O) groups excluding carboxylic acids is 1. The summed E-state index contributed by atoms with van der Waals surface area (Å²) in [5, 5.41) is 0. The van der Waals surface area contributed by atoms with Gasteiger partial charge in [0.15, 0.2) is 0 Å². The number of rotatable bonds is 18. The molecule has 0 saturated carbocycles. The van der Waals surface area contributed by atoms with Gasteiger partial charge >= 0.3 is 5.97 Å². The monoisotopic (exact) mass is 380 g/mol. The number of hydrogen-bond acceptors (Lipinski definition) is 4. The maximum Gasteiger partial charge on any atom is 0.305 e. The largest absolute Gasteiger partial charge is 0.463 e. The molecule has 0 aromatic rings. The molecule has 0 aliphatic heterocycles. The molecule has 0 aromatic heterocycles. The minimum Gasteiger partial charge on any atom is -0.463 e. The molecule has 4 heteroatoms. The molecule has 0 aliphatic carbocycles. The Bertz CT molecular complexity index is 413. The summed E-state index contributed by atoms with van der Waals surface area (Å²) < 4.78 is 15.4. The summed E-state index contributed by atoms with van der Waals surface area (Å²) in [4.78, 5) is 11.7. The summed E-state index contributed by atoms with van der Waals surface area (Å²) in [5.41, 5.74) is 0. The Morgan fingerprint density at radius 1 is 0.815 bits per heavy atom. The quantitative estimate of drug-likeness (QED) is 0.172. The lowest BCUT2D eigenvalue weighted by molar-refractivity contribution is -0.148. The number of ether oxygens (including phenoxy) is 3. The third-order valence-corrected chi connectivity index (χ3v) is 4.15. The summed E-state index contributed by atoms with van der Waals surface area (Å²) in [5.74, 6) is -0.144. The van der Waals surface area contributed by atoms with Crippen LogP contribution in [0.4, 0.5) is 0 Å². The Labute approximate surface area is 166 Å². The highest BCUT2D eigenvalue weighted by Crippen LogP contribution is 2.09. The number of methoxy groups -OCH3 is 2. The SMILES string of the molecule is CC/C=C\C/C=C\C/C=C\CCCCCCCC(=O)OCC(COC)OC. The third-order valence-electron chi connectivity index (χ3n) is 4.15. The van der Waals surface area contributed by atoms with Gasteiger partial charge in [-0.15, -0.1) is 0 Å². The molecule has 0 fully saturated rings. The van der Waals surface area contributed by atoms with E-state index in [0.717, 1.165) is 38.5 Å². The molecule has 0 saturated heterocycles. The minimum absolute atomic E-state index is 0.144. The van der Waals surface area contributed by atoms with Gasteiger partial charge in [-0.05, 0) is 38.5 Å². The Hall–Kier alpha value is -1.39. The average molecular weight is 381 g/mol. The smallest absolute Gasteiger partial charge is 0.305 e. The van der Waals surface area contributed by atoms with Crippen LogP contribution in [0, 0.1) is 0 Å². The predicted octanol–water partition coefficient (Wildman–Crippen LogP) is 5.78. The van der Waals surface area contributed by atoms with Crippen molar-refractivity contribution in [3.05, 3.63) is 36.5 Å². The van der Waals surface area contributed by atoms with Crippen LogP contribution < -0.4 is 0 Å². The summed E-state index contributed by atoms with van der Waals surface area (Å²) >= 11 is 0. The van der Waals surface area contributed by atoms with E-state index in [1.54, 1.807) is 14.2 Å². The Morgan fingerprint density at radius 2 is 1.44 bits per heavy atom. The van der Waals surface area contributed by atoms with Crippen molar-refractivity contribution in [1.82, 2.24) is 0 Å². The fourth-order valence-electron chi connectivity index (χ4n) is 2.52. The zero-order chi connectivity index (χ0) is 20.0. The van der Waals surface area contributed by atoms with Crippen molar-refractivity contribution in [1.29, 1.82) is 0 Å². The fraction of sp³-hybridized carbons (Fsp3) is 0.696. The highest BCUT2D eigenvalue weighted by atomic mass is 16.6. The molecule has 0 rings (SSSR count). The van der Waals surface area contributed by atoms with Crippen molar-refractivity contribution in [3.8, 4) is 0 Å². The van der Waals surface area contributed by atoms with E-state index in [4.69, 9.17) is 14.2 Å². The van der Waals surface area contributed by atoms with E-state index in [-0.39, 0.29) is 18.7 Å². The summed E-state index contributed by atoms with van der Waals surface area (Å²) in [6.07, 6.45) is 23.6. The first kappa shape index (κ1) is 25.6. The lowest BCUT2D eigenvalue weighted by Gasteiger charge is -2.14. The van der Waals surface area contributed by atoms with Gasteiger partial charge in [0.2, 0.25) is 0 Å². The van der Waals surface area contributed by atoms with Crippen molar-refractivity contribution < 1.29 is 19.0 Å². The second kappa shape index (κ2) is 20.9. The molecule has 0 N–H and O–H groups in total. The average Bonchev–Trinajstić information content (AvgIpc) is 2.68. The van der Waals surface area contributed by atoms with Gasteiger partial charge in [0.25, 0.3) is 0 Å². The first-order valence-corrected chi connectivity index (χ1v) is 10.4. The molecule has 1 unspecified atom stereocenters. The molecular weight excluding hydrogens is 340 g/mol. The van der Waals surface area contributed by atoms with Crippen LogP contribution in [0.1, 0.15) is 71.1 Å². The van der Waals surface area contributed by atoms with Crippen LogP contribution in [-0.2, 0) is 19.0 Å². The molecule has 0 heterocycles. The van der Waals surface area contributed by atoms with Gasteiger partial charge in [-0.3, -0.25) is 4.79 Å². The van der Waals surface area contributed by atoms with Crippen LogP contribution in [0.25, 0.3) is 0 Å². The second-order valence-corrected chi connectivity index (χ2v) is 6.60. The summed E-state index contributed by atoms with van der Waals surface area (Å²) in [7, 11) is 3.20. The van der Waals surface area contributed by atoms with Crippen LogP contribution >= 0.6 is 0 Å². The Morgan fingerprint density at radius 3 is 2.11 bits per heavy atom. The van der Waals surface area contributed by atoms with E-state index in [1.807, 2.05) is 0 Å². The third kappa shape index (κ3) is 19.2. The standard InChI is InChI=1S/C23H40O4/c1-4-5-6-7-8-9-10-11-12-13-14-15-16-17-18-19-23(24)27-21-22(26-3)20-25-2/h5-6,8-9,11-12,22H,4,7,10,13-21H2,1-3H3/b6-5-,9-8-,12-11-. The van der Waals surface area contributed by atoms with Crippen molar-refractivity contribution in [2.45, 2.75) is 77.2 Å². The Balaban J connectivity index is 3.42. The number of carbonyl (C=O) groups is 1. The number of unbranched alkanes of at least 4 members (excludes halogenated alkanes) is 5. The fourth-order valence-corrected chi connectivity index (χ4v) is 2.52. The molecule has 156 valence electrons. The van der Waals surface area contributed by atoms with Gasteiger partial charge in [0, 0.05) is 20.6 Å². The first-order chi connectivity index (χ1) is 13.2. The van der Waals surface area contributed by atoms with E-state index in [2.05, 4.69) is 43.4 Å². The molecule has 0 spiro atoms. The maximum absolute atomic E-state index is 11.7. The van der Waals surface area contributed by atoms with E-state index < -0.39 is 0 Å². The summed E-state index contributed by atoms with van der Waals surface area (Å²) in [6, 6.07) is 0. The van der Waals surface area contributed by atoms with E-state index in [9.17, 15) is 4.79 Å². The van der Waals surface area contributed by atoms with Crippen LogP contribution in [0.3, 0.4) is 0 Å². The van der Waals surface area contributed by atoms with Crippen molar-refractivity contribution in [2.24, 2.45) is 0 Å². The molecular formula is C23H40O4. The minimum atomic E-state index is -0.180. The molecule has 0 aromatic carbocycles. The molecule has 27 heavy (non-hydrogen) atoms. The molecule has 4 nitrogen and oxygen atoms in total. The topological polar surface area (TPSA) is 44.8 Å². The zero-order valence-electron chi connectivity index (χ0n) is 17.7. The predicted molar refractivity (Wildman–Crippen MR) is 113 cm³/mol. The van der Waals surface area contributed by atoms with Crippen LogP contribution in [0.5, 0.6) is 0 Å². The van der Waals surface area contributed by atoms with E-state index in [0.29, 0.717) is 13.0 Å². The van der Waals surface area contributed by atoms with E-state index >= 15 is 0 Å². The number of esters is 1. The van der Waals surface area contributed by atoms with Crippen molar-refractivity contribution in [3.63, 3.8) is 0 Å². The molecule has 0 aliphatic rings. The van der Waals surface area contributed by atoms with Gasteiger partial charge in [-0.2, -0.15) is 0 Å².